The highest BCUT2D eigenvalue weighted by atomic mass is 35.5. The molecular formula is C22H23ClN2O6. The second kappa shape index (κ2) is 6.91. The first-order valence-electron chi connectivity index (χ1n) is 9.85. The SMILES string of the molecule is CC1=C2C(=O)c3c(O)ccc(Cl)c3C[C@H]2C[C@H]2[C@H](N(C)C)C(=O)C(C(N)=O)=C(O)[C@@]12O. The van der Waals surface area contributed by atoms with Gasteiger partial charge < -0.3 is 21.1 Å². The van der Waals surface area contributed by atoms with Gasteiger partial charge in [0.15, 0.2) is 11.6 Å². The Bertz CT molecular complexity index is 1120. The second-order valence-electron chi connectivity index (χ2n) is 8.66. The zero-order valence-corrected chi connectivity index (χ0v) is 18.0. The van der Waals surface area contributed by atoms with Crippen molar-refractivity contribution in [3.8, 4) is 5.75 Å². The van der Waals surface area contributed by atoms with Crippen LogP contribution in [0.5, 0.6) is 5.75 Å². The summed E-state index contributed by atoms with van der Waals surface area (Å²) in [6, 6.07) is 1.92. The predicted octanol–water partition coefficient (Wildman–Crippen LogP) is 1.28. The van der Waals surface area contributed by atoms with Crippen molar-refractivity contribution in [2.75, 3.05) is 14.1 Å². The number of hydrogen-bond donors (Lipinski definition) is 4. The molecule has 0 heterocycles. The Hall–Kier alpha value is -2.68. The number of aliphatic hydroxyl groups excluding tert-OH is 1. The van der Waals surface area contributed by atoms with Crippen molar-refractivity contribution in [1.29, 1.82) is 0 Å². The lowest BCUT2D eigenvalue weighted by molar-refractivity contribution is -0.133. The third kappa shape index (κ3) is 2.71. The number of phenolic OH excluding ortho intramolecular Hbond substituents is 1. The molecule has 0 unspecified atom stereocenters. The summed E-state index contributed by atoms with van der Waals surface area (Å²) in [7, 11) is 3.27. The maximum atomic E-state index is 13.4. The van der Waals surface area contributed by atoms with Gasteiger partial charge >= 0.3 is 0 Å². The van der Waals surface area contributed by atoms with Gasteiger partial charge in [-0.05, 0) is 63.0 Å². The van der Waals surface area contributed by atoms with Crippen LogP contribution in [0.2, 0.25) is 5.02 Å². The molecule has 4 atom stereocenters. The van der Waals surface area contributed by atoms with Crippen LogP contribution in [0.4, 0.5) is 0 Å². The lowest BCUT2D eigenvalue weighted by Crippen LogP contribution is -2.62. The molecule has 0 saturated carbocycles. The van der Waals surface area contributed by atoms with Crippen molar-refractivity contribution < 1.29 is 29.7 Å². The van der Waals surface area contributed by atoms with Gasteiger partial charge in [0.1, 0.15) is 22.7 Å². The first-order valence-corrected chi connectivity index (χ1v) is 10.2. The average Bonchev–Trinajstić information content (AvgIpc) is 2.67. The molecule has 8 nitrogen and oxygen atoms in total. The lowest BCUT2D eigenvalue weighted by atomic mass is 9.57. The third-order valence-electron chi connectivity index (χ3n) is 6.91. The van der Waals surface area contributed by atoms with Crippen molar-refractivity contribution in [2.45, 2.75) is 31.4 Å². The molecule has 0 bridgehead atoms. The largest absolute Gasteiger partial charge is 0.508 e. The van der Waals surface area contributed by atoms with Gasteiger partial charge in [0.25, 0.3) is 5.91 Å². The Morgan fingerprint density at radius 3 is 2.48 bits per heavy atom. The van der Waals surface area contributed by atoms with Crippen LogP contribution >= 0.6 is 11.6 Å². The zero-order chi connectivity index (χ0) is 23.0. The molecule has 0 radical (unpaired) electrons. The highest BCUT2D eigenvalue weighted by Gasteiger charge is 2.60. The highest BCUT2D eigenvalue weighted by Crippen LogP contribution is 2.54. The van der Waals surface area contributed by atoms with E-state index in [0.717, 1.165) is 0 Å². The Kier molecular flexibility index (Phi) is 4.81. The third-order valence-corrected chi connectivity index (χ3v) is 7.27. The van der Waals surface area contributed by atoms with Gasteiger partial charge in [-0.2, -0.15) is 0 Å². The number of Topliss-reactive ketones (excluding diaryl/α,β-unsaturated/α-hetero) is 2. The molecular weight excluding hydrogens is 424 g/mol. The van der Waals surface area contributed by atoms with Crippen LogP contribution in [-0.4, -0.2) is 63.4 Å². The second-order valence-corrected chi connectivity index (χ2v) is 9.07. The maximum Gasteiger partial charge on any atom is 0.255 e. The van der Waals surface area contributed by atoms with Gasteiger partial charge in [0, 0.05) is 16.5 Å². The van der Waals surface area contributed by atoms with Crippen LogP contribution in [0.15, 0.2) is 34.6 Å². The monoisotopic (exact) mass is 446 g/mol. The fourth-order valence-electron chi connectivity index (χ4n) is 5.55. The number of primary amides is 1. The summed E-state index contributed by atoms with van der Waals surface area (Å²) in [5.41, 5.74) is 3.53. The van der Waals surface area contributed by atoms with E-state index in [0.29, 0.717) is 17.0 Å². The number of aromatic hydroxyl groups is 1. The fraction of sp³-hybridized carbons (Fsp3) is 0.409. The Balaban J connectivity index is 2.01. The molecule has 1 aromatic carbocycles. The molecule has 5 N–H and O–H groups in total. The topological polar surface area (TPSA) is 141 Å². The number of rotatable bonds is 2. The fourth-order valence-corrected chi connectivity index (χ4v) is 5.79. The normalized spacial score (nSPS) is 30.3. The first-order chi connectivity index (χ1) is 14.4. The number of nitrogens with two attached hydrogens (primary N) is 1. The minimum Gasteiger partial charge on any atom is -0.508 e. The van der Waals surface area contributed by atoms with E-state index in [4.69, 9.17) is 17.3 Å². The zero-order valence-electron chi connectivity index (χ0n) is 17.3. The summed E-state index contributed by atoms with van der Waals surface area (Å²) in [5, 5.41) is 33.3. The summed E-state index contributed by atoms with van der Waals surface area (Å²) < 4.78 is 0. The van der Waals surface area contributed by atoms with Crippen molar-refractivity contribution in [3.05, 3.63) is 50.8 Å². The number of ketones is 2. The predicted molar refractivity (Wildman–Crippen MR) is 112 cm³/mol. The van der Waals surface area contributed by atoms with Gasteiger partial charge in [0.2, 0.25) is 0 Å². The van der Waals surface area contributed by atoms with E-state index in [9.17, 15) is 29.7 Å². The van der Waals surface area contributed by atoms with E-state index in [1.165, 1.54) is 19.1 Å². The quantitative estimate of drug-likeness (QED) is 0.501. The number of allylic oxidation sites excluding steroid dienone is 1. The smallest absolute Gasteiger partial charge is 0.255 e. The summed E-state index contributed by atoms with van der Waals surface area (Å²) >= 11 is 6.30. The van der Waals surface area contributed by atoms with Crippen LogP contribution in [0.3, 0.4) is 0 Å². The van der Waals surface area contributed by atoms with Crippen molar-refractivity contribution >= 4 is 29.1 Å². The average molecular weight is 447 g/mol. The van der Waals surface area contributed by atoms with E-state index in [-0.39, 0.29) is 34.8 Å². The van der Waals surface area contributed by atoms with Gasteiger partial charge in [0.05, 0.1) is 11.6 Å². The molecule has 0 aliphatic heterocycles. The molecule has 31 heavy (non-hydrogen) atoms. The number of nitrogens with zero attached hydrogens (tertiary/aromatic N) is 1. The van der Waals surface area contributed by atoms with E-state index >= 15 is 0 Å². The van der Waals surface area contributed by atoms with Crippen molar-refractivity contribution in [3.63, 3.8) is 0 Å². The van der Waals surface area contributed by atoms with E-state index in [2.05, 4.69) is 0 Å². The molecule has 4 rings (SSSR count). The number of phenols is 1. The maximum absolute atomic E-state index is 13.4. The van der Waals surface area contributed by atoms with E-state index in [1.807, 2.05) is 0 Å². The Labute approximate surface area is 183 Å². The standard InChI is InChI=1S/C22H23ClN2O6/c1-8-14-9(6-10-12(23)4-5-13(26)15(10)18(14)27)7-11-17(25(2)3)19(28)16(21(24)30)20(29)22(8,11)31/h4-5,9,11,17,26,29,31H,6-7H2,1-3H3,(H2,24,30)/t9-,11-,17-,22+/m0/s1. The molecule has 0 saturated heterocycles. The van der Waals surface area contributed by atoms with Gasteiger partial charge in [-0.25, -0.2) is 0 Å². The minimum absolute atomic E-state index is 0.0646. The summed E-state index contributed by atoms with van der Waals surface area (Å²) in [6.45, 7) is 1.50. The van der Waals surface area contributed by atoms with Crippen LogP contribution in [0.1, 0.15) is 29.3 Å². The number of carbonyl (C=O) groups excluding carboxylic acids is 3. The summed E-state index contributed by atoms with van der Waals surface area (Å²) in [4.78, 5) is 40.0. The Morgan fingerprint density at radius 1 is 1.26 bits per heavy atom. The van der Waals surface area contributed by atoms with Gasteiger partial charge in [-0.15, -0.1) is 0 Å². The Morgan fingerprint density at radius 2 is 1.90 bits per heavy atom. The molecule has 3 aliphatic carbocycles. The molecule has 3 aliphatic rings. The molecule has 0 spiro atoms. The lowest BCUT2D eigenvalue weighted by Gasteiger charge is -2.51. The van der Waals surface area contributed by atoms with Crippen LogP contribution in [0.25, 0.3) is 0 Å². The number of amides is 1. The summed E-state index contributed by atoms with van der Waals surface area (Å²) in [6.07, 6.45) is 0.514. The van der Waals surface area contributed by atoms with Gasteiger partial charge in [-0.1, -0.05) is 11.6 Å². The van der Waals surface area contributed by atoms with Gasteiger partial charge in [-0.3, -0.25) is 19.3 Å². The first kappa shape index (κ1) is 21.5. The van der Waals surface area contributed by atoms with Crippen LogP contribution in [-0.2, 0) is 16.0 Å². The molecule has 1 aromatic rings. The highest BCUT2D eigenvalue weighted by molar-refractivity contribution is 6.32. The van der Waals surface area contributed by atoms with Crippen LogP contribution < -0.4 is 5.73 Å². The number of carbonyl (C=O) groups is 3. The number of fused-ring (bicyclic) bond motifs is 3. The molecule has 1 amide bonds. The van der Waals surface area contributed by atoms with Crippen molar-refractivity contribution in [1.82, 2.24) is 4.90 Å². The molecule has 0 aromatic heterocycles. The number of hydrogen-bond acceptors (Lipinski definition) is 7. The number of aliphatic hydroxyl groups is 2. The van der Waals surface area contributed by atoms with E-state index < -0.39 is 46.4 Å². The summed E-state index contributed by atoms with van der Waals surface area (Å²) in [5.74, 6) is -4.57. The number of likely N-dealkylation sites (N-methyl/N-ethyl adjacent to an activating group) is 1. The molecule has 0 fully saturated rings. The van der Waals surface area contributed by atoms with Crippen molar-refractivity contribution in [2.24, 2.45) is 17.6 Å². The number of benzene rings is 1. The number of halogens is 1. The van der Waals surface area contributed by atoms with Crippen LogP contribution in [0, 0.1) is 11.8 Å². The van der Waals surface area contributed by atoms with E-state index in [1.54, 1.807) is 19.0 Å². The minimum atomic E-state index is -2.12. The molecule has 164 valence electrons. The molecule has 9 heteroatoms.